The Balaban J connectivity index is 1.47. The zero-order valence-electron chi connectivity index (χ0n) is 14.8. The van der Waals surface area contributed by atoms with Crippen molar-refractivity contribution >= 4 is 5.91 Å². The number of nitrogens with one attached hydrogen (secondary N) is 1. The van der Waals surface area contributed by atoms with E-state index in [9.17, 15) is 4.79 Å². The lowest BCUT2D eigenvalue weighted by molar-refractivity contribution is -0.129. The van der Waals surface area contributed by atoms with Crippen LogP contribution in [-0.4, -0.2) is 30.5 Å². The molecule has 0 bridgehead atoms. The van der Waals surface area contributed by atoms with Gasteiger partial charge in [-0.2, -0.15) is 0 Å². The minimum Gasteiger partial charge on any atom is -0.497 e. The fourth-order valence-corrected chi connectivity index (χ4v) is 3.37. The van der Waals surface area contributed by atoms with Gasteiger partial charge in [0.05, 0.1) is 7.11 Å². The summed E-state index contributed by atoms with van der Waals surface area (Å²) in [4.78, 5) is 14.2. The van der Waals surface area contributed by atoms with Crippen LogP contribution in [0.5, 0.6) is 5.75 Å². The molecule has 1 amide bonds. The lowest BCUT2D eigenvalue weighted by Gasteiger charge is -2.25. The molecule has 1 saturated heterocycles. The molecular formula is C21H26N2O2. The number of carbonyl (C=O) groups excluding carboxylic acids is 1. The highest BCUT2D eigenvalue weighted by molar-refractivity contribution is 5.78. The number of amides is 1. The van der Waals surface area contributed by atoms with Crippen molar-refractivity contribution < 1.29 is 9.53 Å². The number of benzene rings is 2. The van der Waals surface area contributed by atoms with E-state index in [0.717, 1.165) is 38.2 Å². The van der Waals surface area contributed by atoms with Crippen LogP contribution in [0.4, 0.5) is 0 Å². The summed E-state index contributed by atoms with van der Waals surface area (Å²) in [5.41, 5.74) is 2.41. The van der Waals surface area contributed by atoms with Crippen LogP contribution in [0.3, 0.4) is 0 Å². The van der Waals surface area contributed by atoms with Gasteiger partial charge < -0.3 is 15.0 Å². The van der Waals surface area contributed by atoms with Gasteiger partial charge in [0.25, 0.3) is 0 Å². The first kappa shape index (κ1) is 17.5. The highest BCUT2D eigenvalue weighted by Gasteiger charge is 2.30. The molecule has 132 valence electrons. The van der Waals surface area contributed by atoms with Crippen LogP contribution in [0.15, 0.2) is 54.6 Å². The monoisotopic (exact) mass is 338 g/mol. The maximum atomic E-state index is 12.2. The number of methoxy groups -OCH3 is 1. The highest BCUT2D eigenvalue weighted by Crippen LogP contribution is 2.23. The standard InChI is InChI=1S/C21H26N2O2/c1-25-20-9-5-8-18(14-20)15-22-13-12-19-10-11-21(24)23(19)16-17-6-3-2-4-7-17/h2-9,14,19,22H,10-13,15-16H2,1H3/t19-/m1/s1. The predicted molar refractivity (Wildman–Crippen MR) is 99.3 cm³/mol. The van der Waals surface area contributed by atoms with E-state index in [-0.39, 0.29) is 5.91 Å². The SMILES string of the molecule is COc1cccc(CNCC[C@H]2CCC(=O)N2Cc2ccccc2)c1. The zero-order chi connectivity index (χ0) is 17.5. The van der Waals surface area contributed by atoms with Crippen LogP contribution in [-0.2, 0) is 17.9 Å². The lowest BCUT2D eigenvalue weighted by Crippen LogP contribution is -2.34. The number of carbonyl (C=O) groups is 1. The van der Waals surface area contributed by atoms with E-state index in [4.69, 9.17) is 4.74 Å². The third kappa shape index (κ3) is 4.83. The van der Waals surface area contributed by atoms with Gasteiger partial charge >= 0.3 is 0 Å². The Labute approximate surface area is 149 Å². The predicted octanol–water partition coefficient (Wildman–Crippen LogP) is 3.37. The molecule has 4 nitrogen and oxygen atoms in total. The summed E-state index contributed by atoms with van der Waals surface area (Å²) < 4.78 is 5.25. The number of ether oxygens (including phenoxy) is 1. The van der Waals surface area contributed by atoms with Crippen LogP contribution < -0.4 is 10.1 Å². The van der Waals surface area contributed by atoms with Crippen molar-refractivity contribution in [2.45, 2.75) is 38.4 Å². The second kappa shape index (κ2) is 8.67. The Morgan fingerprint density at radius 3 is 2.72 bits per heavy atom. The first-order chi connectivity index (χ1) is 12.3. The number of nitrogens with zero attached hydrogens (tertiary/aromatic N) is 1. The second-order valence-electron chi connectivity index (χ2n) is 6.52. The molecule has 4 heteroatoms. The molecule has 0 radical (unpaired) electrons. The van der Waals surface area contributed by atoms with Gasteiger partial charge in [0.1, 0.15) is 5.75 Å². The lowest BCUT2D eigenvalue weighted by atomic mass is 10.1. The molecule has 1 heterocycles. The molecular weight excluding hydrogens is 312 g/mol. The van der Waals surface area contributed by atoms with Gasteiger partial charge in [-0.15, -0.1) is 0 Å². The van der Waals surface area contributed by atoms with Crippen molar-refractivity contribution in [3.05, 3.63) is 65.7 Å². The normalized spacial score (nSPS) is 17.1. The summed E-state index contributed by atoms with van der Waals surface area (Å²) in [5.74, 6) is 1.16. The van der Waals surface area contributed by atoms with E-state index in [1.165, 1.54) is 11.1 Å². The maximum Gasteiger partial charge on any atom is 0.223 e. The van der Waals surface area contributed by atoms with E-state index in [1.807, 2.05) is 41.3 Å². The number of rotatable bonds is 8. The molecule has 0 aliphatic carbocycles. The Morgan fingerprint density at radius 1 is 1.12 bits per heavy atom. The average molecular weight is 338 g/mol. The van der Waals surface area contributed by atoms with Crippen LogP contribution in [0, 0.1) is 0 Å². The van der Waals surface area contributed by atoms with Crippen LogP contribution in [0.25, 0.3) is 0 Å². The van der Waals surface area contributed by atoms with E-state index in [2.05, 4.69) is 23.5 Å². The summed E-state index contributed by atoms with van der Waals surface area (Å²) in [5, 5.41) is 3.49. The van der Waals surface area contributed by atoms with Crippen molar-refractivity contribution in [1.82, 2.24) is 10.2 Å². The molecule has 25 heavy (non-hydrogen) atoms. The molecule has 1 aliphatic rings. The topological polar surface area (TPSA) is 41.6 Å². The summed E-state index contributed by atoms with van der Waals surface area (Å²) >= 11 is 0. The molecule has 1 N–H and O–H groups in total. The van der Waals surface area contributed by atoms with Crippen LogP contribution >= 0.6 is 0 Å². The molecule has 0 saturated carbocycles. The van der Waals surface area contributed by atoms with Gasteiger partial charge in [0, 0.05) is 25.6 Å². The first-order valence-electron chi connectivity index (χ1n) is 8.93. The van der Waals surface area contributed by atoms with Crippen molar-refractivity contribution in [2.24, 2.45) is 0 Å². The maximum absolute atomic E-state index is 12.2. The largest absolute Gasteiger partial charge is 0.497 e. The van der Waals surface area contributed by atoms with Crippen LogP contribution in [0.1, 0.15) is 30.4 Å². The Bertz CT molecular complexity index is 687. The van der Waals surface area contributed by atoms with Gasteiger partial charge in [-0.1, -0.05) is 42.5 Å². The molecule has 1 fully saturated rings. The Hall–Kier alpha value is -2.33. The van der Waals surface area contributed by atoms with Crippen LogP contribution in [0.2, 0.25) is 0 Å². The highest BCUT2D eigenvalue weighted by atomic mass is 16.5. The molecule has 2 aromatic rings. The van der Waals surface area contributed by atoms with Gasteiger partial charge in [-0.3, -0.25) is 4.79 Å². The molecule has 1 atom stereocenters. The molecule has 0 spiro atoms. The third-order valence-electron chi connectivity index (χ3n) is 4.77. The number of hydrogen-bond acceptors (Lipinski definition) is 3. The summed E-state index contributed by atoms with van der Waals surface area (Å²) in [6.45, 7) is 2.44. The molecule has 1 aliphatic heterocycles. The summed E-state index contributed by atoms with van der Waals surface area (Å²) in [6, 6.07) is 18.7. The fraction of sp³-hybridized carbons (Fsp3) is 0.381. The second-order valence-corrected chi connectivity index (χ2v) is 6.52. The summed E-state index contributed by atoms with van der Waals surface area (Å²) in [6.07, 6.45) is 2.63. The smallest absolute Gasteiger partial charge is 0.223 e. The molecule has 2 aromatic carbocycles. The van der Waals surface area contributed by atoms with Crippen molar-refractivity contribution in [3.8, 4) is 5.75 Å². The zero-order valence-corrected chi connectivity index (χ0v) is 14.8. The van der Waals surface area contributed by atoms with Gasteiger partial charge in [-0.25, -0.2) is 0 Å². The molecule has 3 rings (SSSR count). The number of likely N-dealkylation sites (tertiary alicyclic amines) is 1. The van der Waals surface area contributed by atoms with E-state index in [0.29, 0.717) is 12.5 Å². The average Bonchev–Trinajstić information content (AvgIpc) is 3.00. The van der Waals surface area contributed by atoms with Crippen molar-refractivity contribution in [1.29, 1.82) is 0 Å². The van der Waals surface area contributed by atoms with E-state index >= 15 is 0 Å². The van der Waals surface area contributed by atoms with E-state index in [1.54, 1.807) is 7.11 Å². The minimum absolute atomic E-state index is 0.279. The molecule has 0 unspecified atom stereocenters. The van der Waals surface area contributed by atoms with Gasteiger partial charge in [-0.05, 0) is 42.6 Å². The Morgan fingerprint density at radius 2 is 1.92 bits per heavy atom. The first-order valence-corrected chi connectivity index (χ1v) is 8.93. The van der Waals surface area contributed by atoms with Crippen molar-refractivity contribution in [3.63, 3.8) is 0 Å². The van der Waals surface area contributed by atoms with E-state index < -0.39 is 0 Å². The third-order valence-corrected chi connectivity index (χ3v) is 4.77. The fourth-order valence-electron chi connectivity index (χ4n) is 3.37. The minimum atomic E-state index is 0.279. The Kier molecular flexibility index (Phi) is 6.07. The molecule has 0 aromatic heterocycles. The summed E-state index contributed by atoms with van der Waals surface area (Å²) in [7, 11) is 1.69. The van der Waals surface area contributed by atoms with Gasteiger partial charge in [0.15, 0.2) is 0 Å². The number of hydrogen-bond donors (Lipinski definition) is 1. The van der Waals surface area contributed by atoms with Gasteiger partial charge in [0.2, 0.25) is 5.91 Å². The van der Waals surface area contributed by atoms with Crippen molar-refractivity contribution in [2.75, 3.05) is 13.7 Å². The quantitative estimate of drug-likeness (QED) is 0.751.